The average molecular weight is 293 g/mol. The molecule has 0 saturated carbocycles. The Morgan fingerprint density at radius 3 is 2.78 bits per heavy atom. The number of aliphatic imine (C=N–C) groups is 1. The van der Waals surface area contributed by atoms with Gasteiger partial charge in [0.15, 0.2) is 5.96 Å². The fourth-order valence-corrected chi connectivity index (χ4v) is 3.33. The second kappa shape index (κ2) is 7.89. The summed E-state index contributed by atoms with van der Waals surface area (Å²) >= 11 is 1.97. The molecule has 1 unspecified atom stereocenters. The quantitative estimate of drug-likeness (QED) is 0.551. The van der Waals surface area contributed by atoms with E-state index in [9.17, 15) is 8.42 Å². The molecule has 0 amide bonds. The lowest BCUT2D eigenvalue weighted by molar-refractivity contribution is 0.600. The van der Waals surface area contributed by atoms with Crippen LogP contribution in [0, 0.1) is 0 Å². The zero-order valence-electron chi connectivity index (χ0n) is 11.1. The van der Waals surface area contributed by atoms with E-state index in [0.29, 0.717) is 17.8 Å². The van der Waals surface area contributed by atoms with Crippen molar-refractivity contribution in [3.63, 3.8) is 0 Å². The van der Waals surface area contributed by atoms with E-state index in [1.54, 1.807) is 0 Å². The molecular weight excluding hydrogens is 270 g/mol. The highest BCUT2D eigenvalue weighted by Gasteiger charge is 2.14. The molecule has 0 radical (unpaired) electrons. The van der Waals surface area contributed by atoms with Gasteiger partial charge in [0.2, 0.25) is 0 Å². The first-order valence-corrected chi connectivity index (χ1v) is 9.43. The van der Waals surface area contributed by atoms with Gasteiger partial charge in [-0.25, -0.2) is 8.42 Å². The van der Waals surface area contributed by atoms with Crippen molar-refractivity contribution in [2.24, 2.45) is 4.99 Å². The summed E-state index contributed by atoms with van der Waals surface area (Å²) in [6.07, 6.45) is 3.76. The van der Waals surface area contributed by atoms with Gasteiger partial charge in [-0.15, -0.1) is 0 Å². The first-order chi connectivity index (χ1) is 8.51. The Bertz CT molecular complexity index is 362. The molecule has 2 N–H and O–H groups in total. The highest BCUT2D eigenvalue weighted by Crippen LogP contribution is 2.25. The summed E-state index contributed by atoms with van der Waals surface area (Å²) < 4.78 is 22.1. The zero-order chi connectivity index (χ0) is 13.4. The minimum absolute atomic E-state index is 0.135. The van der Waals surface area contributed by atoms with Gasteiger partial charge in [0.1, 0.15) is 9.84 Å². The van der Waals surface area contributed by atoms with Gasteiger partial charge >= 0.3 is 0 Å². The Hall–Kier alpha value is -0.430. The van der Waals surface area contributed by atoms with Crippen molar-refractivity contribution in [3.05, 3.63) is 0 Å². The van der Waals surface area contributed by atoms with Crippen LogP contribution in [0.15, 0.2) is 4.99 Å². The molecule has 0 bridgehead atoms. The molecule has 0 aromatic carbocycles. The number of guanidine groups is 1. The summed E-state index contributed by atoms with van der Waals surface area (Å²) in [5.41, 5.74) is 0. The van der Waals surface area contributed by atoms with Gasteiger partial charge in [-0.2, -0.15) is 11.8 Å². The Labute approximate surface area is 114 Å². The molecule has 1 heterocycles. The van der Waals surface area contributed by atoms with Crippen molar-refractivity contribution in [1.29, 1.82) is 0 Å². The van der Waals surface area contributed by atoms with Crippen LogP contribution in [-0.4, -0.2) is 57.0 Å². The smallest absolute Gasteiger partial charge is 0.191 e. The largest absolute Gasteiger partial charge is 0.357 e. The second-order valence-corrected chi connectivity index (χ2v) is 8.08. The molecular formula is C11H23N3O2S2. The monoisotopic (exact) mass is 293 g/mol. The van der Waals surface area contributed by atoms with Crippen LogP contribution < -0.4 is 10.6 Å². The highest BCUT2D eigenvalue weighted by atomic mass is 32.2. The molecule has 7 heteroatoms. The van der Waals surface area contributed by atoms with E-state index in [2.05, 4.69) is 15.6 Å². The van der Waals surface area contributed by atoms with Gasteiger partial charge in [-0.1, -0.05) is 0 Å². The van der Waals surface area contributed by atoms with Crippen LogP contribution in [0.3, 0.4) is 0 Å². The first-order valence-electron chi connectivity index (χ1n) is 6.33. The molecule has 0 aliphatic carbocycles. The fourth-order valence-electron chi connectivity index (χ4n) is 1.68. The van der Waals surface area contributed by atoms with E-state index in [0.717, 1.165) is 13.1 Å². The first kappa shape index (κ1) is 15.6. The maximum Gasteiger partial charge on any atom is 0.191 e. The number of sulfone groups is 1. The summed E-state index contributed by atoms with van der Waals surface area (Å²) in [6, 6.07) is 0. The number of rotatable bonds is 6. The predicted molar refractivity (Wildman–Crippen MR) is 79.2 cm³/mol. The topological polar surface area (TPSA) is 70.6 Å². The van der Waals surface area contributed by atoms with E-state index >= 15 is 0 Å². The van der Waals surface area contributed by atoms with E-state index in [1.807, 2.05) is 18.7 Å². The molecule has 0 spiro atoms. The number of nitrogens with zero attached hydrogens (tertiary/aromatic N) is 1. The maximum absolute atomic E-state index is 11.0. The minimum Gasteiger partial charge on any atom is -0.357 e. The third-order valence-electron chi connectivity index (χ3n) is 2.59. The SMILES string of the molecule is CCNC(=NCC1CCCS1)NCCS(C)(=O)=O. The third-order valence-corrected chi connectivity index (χ3v) is 4.91. The molecule has 0 aromatic heterocycles. The van der Waals surface area contributed by atoms with Crippen LogP contribution in [0.25, 0.3) is 0 Å². The number of hydrogen-bond donors (Lipinski definition) is 2. The molecule has 1 saturated heterocycles. The highest BCUT2D eigenvalue weighted by molar-refractivity contribution is 8.00. The lowest BCUT2D eigenvalue weighted by Gasteiger charge is -2.12. The Morgan fingerprint density at radius 1 is 1.44 bits per heavy atom. The molecule has 1 fully saturated rings. The maximum atomic E-state index is 11.0. The molecule has 1 atom stereocenters. The van der Waals surface area contributed by atoms with Crippen molar-refractivity contribution < 1.29 is 8.42 Å². The van der Waals surface area contributed by atoms with Crippen LogP contribution in [0.1, 0.15) is 19.8 Å². The van der Waals surface area contributed by atoms with Crippen LogP contribution in [-0.2, 0) is 9.84 Å². The number of nitrogens with one attached hydrogen (secondary N) is 2. The van der Waals surface area contributed by atoms with E-state index < -0.39 is 9.84 Å². The molecule has 18 heavy (non-hydrogen) atoms. The second-order valence-electron chi connectivity index (χ2n) is 4.41. The third kappa shape index (κ3) is 7.10. The van der Waals surface area contributed by atoms with Crippen molar-refractivity contribution in [2.75, 3.05) is 37.4 Å². The van der Waals surface area contributed by atoms with Gasteiger partial charge in [0.25, 0.3) is 0 Å². The van der Waals surface area contributed by atoms with Crippen LogP contribution >= 0.6 is 11.8 Å². The summed E-state index contributed by atoms with van der Waals surface area (Å²) in [6.45, 7) is 3.99. The van der Waals surface area contributed by atoms with Crippen molar-refractivity contribution in [2.45, 2.75) is 25.0 Å². The van der Waals surface area contributed by atoms with E-state index in [4.69, 9.17) is 0 Å². The standard InChI is InChI=1S/C11H23N3O2S2/c1-3-12-11(13-6-8-18(2,15)16)14-9-10-5-4-7-17-10/h10H,3-9H2,1-2H3,(H2,12,13,14). The van der Waals surface area contributed by atoms with E-state index in [-0.39, 0.29) is 5.75 Å². The van der Waals surface area contributed by atoms with Crippen molar-refractivity contribution in [3.8, 4) is 0 Å². The van der Waals surface area contributed by atoms with Gasteiger partial charge < -0.3 is 10.6 Å². The van der Waals surface area contributed by atoms with Crippen LogP contribution in [0.4, 0.5) is 0 Å². The lowest BCUT2D eigenvalue weighted by Crippen LogP contribution is -2.39. The van der Waals surface area contributed by atoms with Crippen molar-refractivity contribution >= 4 is 27.6 Å². The Balaban J connectivity index is 2.35. The Morgan fingerprint density at radius 2 is 2.22 bits per heavy atom. The minimum atomic E-state index is -2.91. The summed E-state index contributed by atoms with van der Waals surface area (Å²) in [7, 11) is -2.91. The summed E-state index contributed by atoms with van der Waals surface area (Å²) in [4.78, 5) is 4.49. The lowest BCUT2D eigenvalue weighted by atomic mass is 10.2. The fraction of sp³-hybridized carbons (Fsp3) is 0.909. The van der Waals surface area contributed by atoms with Crippen molar-refractivity contribution in [1.82, 2.24) is 10.6 Å². The van der Waals surface area contributed by atoms with Gasteiger partial charge in [0.05, 0.1) is 12.3 Å². The summed E-state index contributed by atoms with van der Waals surface area (Å²) in [5, 5.41) is 6.80. The van der Waals surface area contributed by atoms with Gasteiger partial charge in [-0.05, 0) is 25.5 Å². The van der Waals surface area contributed by atoms with Gasteiger partial charge in [-0.3, -0.25) is 4.99 Å². The van der Waals surface area contributed by atoms with Crippen LogP contribution in [0.5, 0.6) is 0 Å². The Kier molecular flexibility index (Phi) is 6.85. The number of thioether (sulfide) groups is 1. The van der Waals surface area contributed by atoms with Gasteiger partial charge in [0, 0.05) is 24.6 Å². The molecule has 106 valence electrons. The summed E-state index contributed by atoms with van der Waals surface area (Å²) in [5.74, 6) is 2.09. The molecule has 0 aromatic rings. The van der Waals surface area contributed by atoms with E-state index in [1.165, 1.54) is 24.9 Å². The molecule has 1 aliphatic heterocycles. The molecule has 1 aliphatic rings. The van der Waals surface area contributed by atoms with Crippen LogP contribution in [0.2, 0.25) is 0 Å². The average Bonchev–Trinajstić information content (AvgIpc) is 2.77. The molecule has 1 rings (SSSR count). The molecule has 5 nitrogen and oxygen atoms in total. The zero-order valence-corrected chi connectivity index (χ0v) is 12.7. The normalized spacial score (nSPS) is 21.0. The number of hydrogen-bond acceptors (Lipinski definition) is 4. The predicted octanol–water partition coefficient (Wildman–Crippen LogP) is 0.482.